The van der Waals surface area contributed by atoms with Gasteiger partial charge in [0, 0.05) is 50.9 Å². The monoisotopic (exact) mass is 488 g/mol. The number of piperazine rings is 1. The van der Waals surface area contributed by atoms with Crippen LogP contribution in [0, 0.1) is 5.92 Å². The Labute approximate surface area is 212 Å². The summed E-state index contributed by atoms with van der Waals surface area (Å²) in [7, 11) is 0. The fraction of sp³-hybridized carbons (Fsp3) is 0.556. The summed E-state index contributed by atoms with van der Waals surface area (Å²) in [4.78, 5) is 31.6. The van der Waals surface area contributed by atoms with Crippen molar-refractivity contribution in [3.63, 3.8) is 0 Å². The highest BCUT2D eigenvalue weighted by Crippen LogP contribution is 2.41. The SMILES string of the molecule is CCC(C)CN1CCN(c2ccc(Nc3ncc4cc5n(c4n3)C3(CCCC3)CNC5=O)nc2)CC1. The predicted octanol–water partition coefficient (Wildman–Crippen LogP) is 3.75. The van der Waals surface area contributed by atoms with Gasteiger partial charge in [0.25, 0.3) is 5.91 Å². The standard InChI is InChI=1S/C27H36N8O/c1-3-19(2)17-33-10-12-34(13-11-33)21-6-7-23(28-16-21)31-26-29-15-20-14-22-25(36)30-18-27(8-4-5-9-27)35(22)24(20)32-26/h6-7,14-16,19H,3-5,8-13,17-18H2,1-2H3,(H,30,36)(H,28,29,31,32). The second-order valence-corrected chi connectivity index (χ2v) is 10.8. The van der Waals surface area contributed by atoms with E-state index in [1.54, 1.807) is 6.20 Å². The van der Waals surface area contributed by atoms with Gasteiger partial charge in [-0.1, -0.05) is 33.1 Å². The number of hydrogen-bond acceptors (Lipinski definition) is 7. The van der Waals surface area contributed by atoms with Crippen LogP contribution >= 0.6 is 0 Å². The highest BCUT2D eigenvalue weighted by molar-refractivity contribution is 5.99. The summed E-state index contributed by atoms with van der Waals surface area (Å²) in [6, 6.07) is 6.03. The molecular formula is C27H36N8O. The molecule has 6 rings (SSSR count). The molecule has 1 aliphatic carbocycles. The Morgan fingerprint density at radius 2 is 1.92 bits per heavy atom. The van der Waals surface area contributed by atoms with E-state index < -0.39 is 0 Å². The van der Waals surface area contributed by atoms with E-state index >= 15 is 0 Å². The first-order valence-electron chi connectivity index (χ1n) is 13.4. The van der Waals surface area contributed by atoms with Crippen LogP contribution in [0.2, 0.25) is 0 Å². The molecule has 1 amide bonds. The van der Waals surface area contributed by atoms with Crippen molar-refractivity contribution in [1.82, 2.24) is 29.7 Å². The van der Waals surface area contributed by atoms with E-state index in [2.05, 4.69) is 54.9 Å². The Kier molecular flexibility index (Phi) is 6.03. The average molecular weight is 489 g/mol. The fourth-order valence-corrected chi connectivity index (χ4v) is 6.06. The lowest BCUT2D eigenvalue weighted by molar-refractivity contribution is 0.0876. The van der Waals surface area contributed by atoms with Gasteiger partial charge in [-0.15, -0.1) is 0 Å². The summed E-state index contributed by atoms with van der Waals surface area (Å²) in [6.45, 7) is 10.7. The molecule has 1 unspecified atom stereocenters. The quantitative estimate of drug-likeness (QED) is 0.546. The van der Waals surface area contributed by atoms with Crippen molar-refractivity contribution in [1.29, 1.82) is 0 Å². The third-order valence-corrected chi connectivity index (χ3v) is 8.35. The smallest absolute Gasteiger partial charge is 0.268 e. The molecule has 9 nitrogen and oxygen atoms in total. The maximum Gasteiger partial charge on any atom is 0.268 e. The molecule has 1 saturated heterocycles. The van der Waals surface area contributed by atoms with Gasteiger partial charge in [0.1, 0.15) is 17.2 Å². The maximum atomic E-state index is 12.6. The molecule has 2 fully saturated rings. The van der Waals surface area contributed by atoms with E-state index in [9.17, 15) is 4.79 Å². The summed E-state index contributed by atoms with van der Waals surface area (Å²) in [5, 5.41) is 7.26. The van der Waals surface area contributed by atoms with E-state index in [0.29, 0.717) is 24.0 Å². The largest absolute Gasteiger partial charge is 0.368 e. The van der Waals surface area contributed by atoms with E-state index in [4.69, 9.17) is 4.98 Å². The number of pyridine rings is 1. The van der Waals surface area contributed by atoms with Crippen molar-refractivity contribution < 1.29 is 4.79 Å². The Balaban J connectivity index is 1.17. The molecule has 190 valence electrons. The second kappa shape index (κ2) is 9.35. The van der Waals surface area contributed by atoms with Gasteiger partial charge in [-0.3, -0.25) is 9.69 Å². The van der Waals surface area contributed by atoms with E-state index in [1.165, 1.54) is 25.8 Å². The minimum absolute atomic E-state index is 0.0296. The van der Waals surface area contributed by atoms with Gasteiger partial charge in [0.15, 0.2) is 0 Å². The van der Waals surface area contributed by atoms with Crippen molar-refractivity contribution in [3.05, 3.63) is 36.3 Å². The summed E-state index contributed by atoms with van der Waals surface area (Å²) in [6.07, 6.45) is 9.44. The van der Waals surface area contributed by atoms with Crippen LogP contribution in [0.25, 0.3) is 11.0 Å². The lowest BCUT2D eigenvalue weighted by Gasteiger charge is -2.37. The Morgan fingerprint density at radius 3 is 2.64 bits per heavy atom. The number of anilines is 3. The van der Waals surface area contributed by atoms with Crippen molar-refractivity contribution in [2.75, 3.05) is 49.5 Å². The molecule has 3 aliphatic rings. The van der Waals surface area contributed by atoms with Crippen LogP contribution in [-0.4, -0.2) is 69.6 Å². The van der Waals surface area contributed by atoms with Crippen LogP contribution in [0.15, 0.2) is 30.6 Å². The zero-order chi connectivity index (χ0) is 24.7. The lowest BCUT2D eigenvalue weighted by atomic mass is 9.94. The molecule has 2 aliphatic heterocycles. The van der Waals surface area contributed by atoms with Crippen LogP contribution in [0.5, 0.6) is 0 Å². The third-order valence-electron chi connectivity index (χ3n) is 8.35. The number of nitrogens with zero attached hydrogens (tertiary/aromatic N) is 6. The highest BCUT2D eigenvalue weighted by atomic mass is 16.2. The lowest BCUT2D eigenvalue weighted by Crippen LogP contribution is -2.50. The molecule has 0 bridgehead atoms. The first-order valence-corrected chi connectivity index (χ1v) is 13.4. The fourth-order valence-electron chi connectivity index (χ4n) is 6.06. The number of amides is 1. The Hall–Kier alpha value is -3.20. The Morgan fingerprint density at radius 1 is 1.11 bits per heavy atom. The van der Waals surface area contributed by atoms with Gasteiger partial charge < -0.3 is 20.1 Å². The Bertz CT molecular complexity index is 1240. The second-order valence-electron chi connectivity index (χ2n) is 10.8. The number of hydrogen-bond donors (Lipinski definition) is 2. The molecule has 1 saturated carbocycles. The molecule has 0 radical (unpaired) electrons. The molecule has 5 heterocycles. The summed E-state index contributed by atoms with van der Waals surface area (Å²) in [5.41, 5.74) is 2.59. The van der Waals surface area contributed by atoms with Gasteiger partial charge in [-0.25, -0.2) is 9.97 Å². The normalized spacial score (nSPS) is 20.5. The molecule has 2 N–H and O–H groups in total. The molecule has 36 heavy (non-hydrogen) atoms. The first-order chi connectivity index (χ1) is 17.5. The van der Waals surface area contributed by atoms with Gasteiger partial charge in [0.2, 0.25) is 5.95 Å². The summed E-state index contributed by atoms with van der Waals surface area (Å²) in [5.74, 6) is 1.94. The van der Waals surface area contributed by atoms with Gasteiger partial charge in [0.05, 0.1) is 17.4 Å². The molecule has 3 aromatic rings. The van der Waals surface area contributed by atoms with Crippen molar-refractivity contribution in [3.8, 4) is 0 Å². The number of aromatic nitrogens is 4. The number of fused-ring (bicyclic) bond motifs is 4. The zero-order valence-corrected chi connectivity index (χ0v) is 21.3. The van der Waals surface area contributed by atoms with Crippen molar-refractivity contribution in [2.24, 2.45) is 5.92 Å². The van der Waals surface area contributed by atoms with Crippen LogP contribution in [-0.2, 0) is 5.54 Å². The van der Waals surface area contributed by atoms with Crippen LogP contribution in [0.1, 0.15) is 56.4 Å². The molecule has 3 aromatic heterocycles. The molecule has 1 spiro atoms. The van der Waals surface area contributed by atoms with Crippen LogP contribution in [0.3, 0.4) is 0 Å². The number of carbonyl (C=O) groups is 1. The van der Waals surface area contributed by atoms with E-state index in [0.717, 1.165) is 61.7 Å². The summed E-state index contributed by atoms with van der Waals surface area (Å²) < 4.78 is 2.18. The van der Waals surface area contributed by atoms with Crippen molar-refractivity contribution in [2.45, 2.75) is 51.5 Å². The van der Waals surface area contributed by atoms with Gasteiger partial charge in [-0.2, -0.15) is 4.98 Å². The van der Waals surface area contributed by atoms with Crippen molar-refractivity contribution >= 4 is 34.4 Å². The first kappa shape index (κ1) is 23.2. The maximum absolute atomic E-state index is 12.6. The molecule has 9 heteroatoms. The molecule has 0 aromatic carbocycles. The minimum Gasteiger partial charge on any atom is -0.368 e. The number of carbonyl (C=O) groups excluding carboxylic acids is 1. The zero-order valence-electron chi connectivity index (χ0n) is 21.3. The van der Waals surface area contributed by atoms with Gasteiger partial charge in [-0.05, 0) is 37.0 Å². The number of nitrogens with one attached hydrogen (secondary N) is 2. The third kappa shape index (κ3) is 4.19. The van der Waals surface area contributed by atoms with Crippen LogP contribution < -0.4 is 15.5 Å². The van der Waals surface area contributed by atoms with E-state index in [1.807, 2.05) is 18.3 Å². The van der Waals surface area contributed by atoms with Crippen LogP contribution in [0.4, 0.5) is 17.5 Å². The molecular weight excluding hydrogens is 452 g/mol. The minimum atomic E-state index is -0.0743. The predicted molar refractivity (Wildman–Crippen MR) is 142 cm³/mol. The highest BCUT2D eigenvalue weighted by Gasteiger charge is 2.42. The average Bonchev–Trinajstić information content (AvgIpc) is 3.53. The summed E-state index contributed by atoms with van der Waals surface area (Å²) >= 11 is 0. The number of rotatable bonds is 6. The topological polar surface area (TPSA) is 91.2 Å². The van der Waals surface area contributed by atoms with Gasteiger partial charge >= 0.3 is 0 Å². The molecule has 1 atom stereocenters. The van der Waals surface area contributed by atoms with E-state index in [-0.39, 0.29) is 11.4 Å².